The highest BCUT2D eigenvalue weighted by atomic mass is 79.9. The van der Waals surface area contributed by atoms with E-state index in [4.69, 9.17) is 0 Å². The Kier molecular flexibility index (Phi) is 3.48. The second-order valence-corrected chi connectivity index (χ2v) is 6.18. The predicted octanol–water partition coefficient (Wildman–Crippen LogP) is 3.63. The van der Waals surface area contributed by atoms with Gasteiger partial charge in [-0.2, -0.15) is 5.10 Å². The van der Waals surface area contributed by atoms with Crippen molar-refractivity contribution in [1.29, 1.82) is 0 Å². The van der Waals surface area contributed by atoms with Crippen LogP contribution in [0.5, 0.6) is 0 Å². The van der Waals surface area contributed by atoms with Crippen molar-refractivity contribution in [3.05, 3.63) is 53.3 Å². The van der Waals surface area contributed by atoms with Crippen molar-refractivity contribution in [2.24, 2.45) is 7.05 Å². The fourth-order valence-corrected chi connectivity index (χ4v) is 4.11. The zero-order valence-corrected chi connectivity index (χ0v) is 12.9. The van der Waals surface area contributed by atoms with E-state index in [9.17, 15) is 0 Å². The average molecular weight is 319 g/mol. The number of benzene rings is 1. The minimum Gasteiger partial charge on any atom is -0.276 e. The molecule has 1 atom stereocenters. The molecule has 0 saturated heterocycles. The number of fused-ring (bicyclic) bond motifs is 1. The number of halogens is 1. The minimum absolute atomic E-state index is 0.234. The number of nitrogens with zero attached hydrogens (tertiary/aromatic N) is 2. The molecule has 19 heavy (non-hydrogen) atoms. The Morgan fingerprint density at radius 1 is 1.37 bits per heavy atom. The van der Waals surface area contributed by atoms with Crippen LogP contribution in [0, 0.1) is 0 Å². The van der Waals surface area contributed by atoms with Crippen LogP contribution in [0.1, 0.15) is 29.5 Å². The van der Waals surface area contributed by atoms with Gasteiger partial charge >= 0.3 is 0 Å². The van der Waals surface area contributed by atoms with Gasteiger partial charge in [0, 0.05) is 24.0 Å². The van der Waals surface area contributed by atoms with Crippen LogP contribution in [0.2, 0.25) is 0 Å². The van der Waals surface area contributed by atoms with E-state index in [1.54, 1.807) is 0 Å². The Morgan fingerprint density at radius 2 is 2.21 bits per heavy atom. The van der Waals surface area contributed by atoms with Crippen molar-refractivity contribution in [3.63, 3.8) is 0 Å². The minimum atomic E-state index is 0.234. The molecule has 0 amide bonds. The Hall–Kier alpha value is -1.09. The zero-order valence-electron chi connectivity index (χ0n) is 11.3. The summed E-state index contributed by atoms with van der Waals surface area (Å²) in [5.41, 5.74) is 4.62. The van der Waals surface area contributed by atoms with E-state index in [1.807, 2.05) is 17.9 Å². The molecule has 0 fully saturated rings. The van der Waals surface area contributed by atoms with E-state index < -0.39 is 0 Å². The van der Waals surface area contributed by atoms with Crippen molar-refractivity contribution < 1.29 is 0 Å². The van der Waals surface area contributed by atoms with Gasteiger partial charge in [0.25, 0.3) is 0 Å². The van der Waals surface area contributed by atoms with Crippen LogP contribution in [0.25, 0.3) is 0 Å². The summed E-state index contributed by atoms with van der Waals surface area (Å²) in [6.45, 7) is 0. The average Bonchev–Trinajstić information content (AvgIpc) is 2.84. The van der Waals surface area contributed by atoms with Gasteiger partial charge in [-0.1, -0.05) is 40.2 Å². The predicted molar refractivity (Wildman–Crippen MR) is 81.8 cm³/mol. The van der Waals surface area contributed by atoms with E-state index in [1.165, 1.54) is 36.0 Å². The standard InChI is InChI=1S/C16H19BrN2/c1-19-11-13(10-18-19)9-16(12-17)8-4-6-14-5-2-3-7-15(14)16/h2-3,5,7,10-11H,4,6,8-9,12H2,1H3. The van der Waals surface area contributed by atoms with E-state index in [2.05, 4.69) is 51.5 Å². The molecule has 2 nitrogen and oxygen atoms in total. The van der Waals surface area contributed by atoms with E-state index in [0.717, 1.165) is 11.8 Å². The second kappa shape index (κ2) is 5.12. The number of aromatic nitrogens is 2. The van der Waals surface area contributed by atoms with Gasteiger partial charge in [-0.25, -0.2) is 0 Å². The molecule has 0 N–H and O–H groups in total. The van der Waals surface area contributed by atoms with Gasteiger partial charge < -0.3 is 0 Å². The van der Waals surface area contributed by atoms with Crippen LogP contribution < -0.4 is 0 Å². The van der Waals surface area contributed by atoms with Gasteiger partial charge in [0.15, 0.2) is 0 Å². The van der Waals surface area contributed by atoms with Crippen molar-refractivity contribution in [1.82, 2.24) is 9.78 Å². The van der Waals surface area contributed by atoms with Gasteiger partial charge in [0.1, 0.15) is 0 Å². The number of hydrogen-bond donors (Lipinski definition) is 0. The lowest BCUT2D eigenvalue weighted by atomic mass is 9.68. The van der Waals surface area contributed by atoms with Crippen LogP contribution in [0.4, 0.5) is 0 Å². The van der Waals surface area contributed by atoms with Crippen LogP contribution in [0.15, 0.2) is 36.7 Å². The summed E-state index contributed by atoms with van der Waals surface area (Å²) in [5, 5.41) is 5.32. The first-order chi connectivity index (χ1) is 9.23. The van der Waals surface area contributed by atoms with E-state index in [-0.39, 0.29) is 5.41 Å². The molecule has 1 aromatic heterocycles. The third kappa shape index (κ3) is 2.36. The van der Waals surface area contributed by atoms with E-state index >= 15 is 0 Å². The Bertz CT molecular complexity index is 576. The summed E-state index contributed by atoms with van der Waals surface area (Å²) in [6.07, 6.45) is 8.97. The highest BCUT2D eigenvalue weighted by Gasteiger charge is 2.35. The number of rotatable bonds is 3. The molecular formula is C16H19BrN2. The van der Waals surface area contributed by atoms with Gasteiger partial charge in [0.05, 0.1) is 6.20 Å². The van der Waals surface area contributed by atoms with Crippen LogP contribution in [-0.4, -0.2) is 15.1 Å². The maximum Gasteiger partial charge on any atom is 0.0521 e. The Balaban J connectivity index is 2.00. The fraction of sp³-hybridized carbons (Fsp3) is 0.438. The van der Waals surface area contributed by atoms with Gasteiger partial charge in [-0.05, 0) is 42.4 Å². The highest BCUT2D eigenvalue weighted by Crippen LogP contribution is 2.41. The molecule has 0 bridgehead atoms. The third-order valence-electron chi connectivity index (χ3n) is 4.25. The lowest BCUT2D eigenvalue weighted by Crippen LogP contribution is -2.35. The molecule has 100 valence electrons. The summed E-state index contributed by atoms with van der Waals surface area (Å²) in [7, 11) is 1.99. The molecule has 1 aromatic carbocycles. The Labute approximate surface area is 123 Å². The molecule has 0 spiro atoms. The SMILES string of the molecule is Cn1cc(CC2(CBr)CCCc3ccccc32)cn1. The second-order valence-electron chi connectivity index (χ2n) is 5.62. The molecule has 0 aliphatic heterocycles. The largest absolute Gasteiger partial charge is 0.276 e. The van der Waals surface area contributed by atoms with Crippen LogP contribution in [-0.2, 0) is 25.3 Å². The smallest absolute Gasteiger partial charge is 0.0521 e. The molecule has 1 heterocycles. The third-order valence-corrected chi connectivity index (χ3v) is 5.32. The van der Waals surface area contributed by atoms with E-state index in [0.29, 0.717) is 0 Å². The summed E-state index contributed by atoms with van der Waals surface area (Å²) in [4.78, 5) is 0. The first kappa shape index (κ1) is 12.9. The summed E-state index contributed by atoms with van der Waals surface area (Å²) < 4.78 is 1.89. The number of aryl methyl sites for hydroxylation is 2. The summed E-state index contributed by atoms with van der Waals surface area (Å²) in [6, 6.07) is 8.93. The van der Waals surface area contributed by atoms with Gasteiger partial charge in [-0.3, -0.25) is 4.68 Å². The van der Waals surface area contributed by atoms with Gasteiger partial charge in [0.2, 0.25) is 0 Å². The highest BCUT2D eigenvalue weighted by molar-refractivity contribution is 9.09. The molecule has 1 aliphatic rings. The molecule has 3 rings (SSSR count). The maximum atomic E-state index is 4.30. The maximum absolute atomic E-state index is 4.30. The summed E-state index contributed by atoms with van der Waals surface area (Å²) >= 11 is 3.78. The topological polar surface area (TPSA) is 17.8 Å². The molecule has 1 aliphatic carbocycles. The first-order valence-corrected chi connectivity index (χ1v) is 7.97. The van der Waals surface area contributed by atoms with Gasteiger partial charge in [-0.15, -0.1) is 0 Å². The first-order valence-electron chi connectivity index (χ1n) is 6.85. The van der Waals surface area contributed by atoms with Crippen molar-refractivity contribution in [2.45, 2.75) is 31.1 Å². The summed E-state index contributed by atoms with van der Waals surface area (Å²) in [5.74, 6) is 0. The molecule has 1 unspecified atom stereocenters. The van der Waals surface area contributed by atoms with Crippen molar-refractivity contribution >= 4 is 15.9 Å². The number of alkyl halides is 1. The molecular weight excluding hydrogens is 300 g/mol. The molecule has 2 aromatic rings. The lowest BCUT2D eigenvalue weighted by molar-refractivity contribution is 0.401. The number of hydrogen-bond acceptors (Lipinski definition) is 1. The van der Waals surface area contributed by atoms with Crippen LogP contribution in [0.3, 0.4) is 0 Å². The fourth-order valence-electron chi connectivity index (χ4n) is 3.33. The zero-order chi connectivity index (χ0) is 13.3. The normalized spacial score (nSPS) is 22.2. The lowest BCUT2D eigenvalue weighted by Gasteiger charge is -2.38. The molecule has 0 radical (unpaired) electrons. The molecule has 3 heteroatoms. The quantitative estimate of drug-likeness (QED) is 0.790. The van der Waals surface area contributed by atoms with Crippen LogP contribution >= 0.6 is 15.9 Å². The van der Waals surface area contributed by atoms with Crippen molar-refractivity contribution in [3.8, 4) is 0 Å². The van der Waals surface area contributed by atoms with Crippen molar-refractivity contribution in [2.75, 3.05) is 5.33 Å². The monoisotopic (exact) mass is 318 g/mol. The Morgan fingerprint density at radius 3 is 2.95 bits per heavy atom. The molecule has 0 saturated carbocycles.